The van der Waals surface area contributed by atoms with Crippen molar-refractivity contribution in [3.63, 3.8) is 0 Å². The molecule has 0 radical (unpaired) electrons. The van der Waals surface area contributed by atoms with Gasteiger partial charge in [-0.2, -0.15) is 5.26 Å². The third-order valence-electron chi connectivity index (χ3n) is 4.35. The first-order valence-corrected chi connectivity index (χ1v) is 8.26. The lowest BCUT2D eigenvalue weighted by Gasteiger charge is -2.29. The molecule has 1 aliphatic heterocycles. The molecule has 7 heteroatoms. The number of fused-ring (bicyclic) bond motifs is 1. The van der Waals surface area contributed by atoms with Crippen molar-refractivity contribution in [3.8, 4) is 6.07 Å². The number of carbonyl (C=O) groups is 2. The Morgan fingerprint density at radius 1 is 1.35 bits per heavy atom. The van der Waals surface area contributed by atoms with Gasteiger partial charge in [-0.15, -0.1) is 0 Å². The van der Waals surface area contributed by atoms with Gasteiger partial charge < -0.3 is 15.0 Å². The summed E-state index contributed by atoms with van der Waals surface area (Å²) in [5.74, 6) is -1.52. The molecule has 0 atom stereocenters. The maximum Gasteiger partial charge on any atom is 0.339 e. The second-order valence-corrected chi connectivity index (χ2v) is 7.20. The Bertz CT molecular complexity index is 982. The largest absolute Gasteiger partial charge is 0.478 e. The molecule has 0 unspecified atom stereocenters. The van der Waals surface area contributed by atoms with E-state index in [9.17, 15) is 14.7 Å². The minimum absolute atomic E-state index is 0.0672. The lowest BCUT2D eigenvalue weighted by atomic mass is 9.83. The first kappa shape index (κ1) is 17.8. The maximum absolute atomic E-state index is 12.9. The fourth-order valence-electron chi connectivity index (χ4n) is 3.12. The number of nitrogens with one attached hydrogen (secondary N) is 1. The van der Waals surface area contributed by atoms with Crippen LogP contribution in [0, 0.1) is 11.3 Å². The predicted molar refractivity (Wildman–Crippen MR) is 96.6 cm³/mol. The molecule has 1 aliphatic rings. The van der Waals surface area contributed by atoms with Gasteiger partial charge in [0.1, 0.15) is 11.8 Å². The average Bonchev–Trinajstić information content (AvgIpc) is 2.98. The monoisotopic (exact) mass is 369 g/mol. The Labute approximate surface area is 155 Å². The normalized spacial score (nSPS) is 15.5. The minimum Gasteiger partial charge on any atom is -0.478 e. The number of aromatic nitrogens is 1. The standard InChI is InChI=1S/C19H16ClN3O3/c1-19(2)10-23(17(24)11-4-3-5-12(20)6-11)9-14(18(25)26)16-15(19)7-13(8-21)22-16/h3-7,9,22H,10H2,1-2H3,(H,25,26). The fraction of sp³-hybridized carbons (Fsp3) is 0.211. The van der Waals surface area contributed by atoms with E-state index in [0.717, 1.165) is 0 Å². The second kappa shape index (κ2) is 6.36. The van der Waals surface area contributed by atoms with Crippen LogP contribution in [-0.2, 0) is 10.2 Å². The Morgan fingerprint density at radius 3 is 2.69 bits per heavy atom. The number of carboxylic acid groups (broad SMARTS) is 1. The highest BCUT2D eigenvalue weighted by Crippen LogP contribution is 2.36. The van der Waals surface area contributed by atoms with E-state index >= 15 is 0 Å². The molecule has 0 spiro atoms. The molecule has 0 saturated carbocycles. The summed E-state index contributed by atoms with van der Waals surface area (Å²) >= 11 is 5.97. The van der Waals surface area contributed by atoms with Crippen LogP contribution in [0.4, 0.5) is 0 Å². The van der Waals surface area contributed by atoms with Gasteiger partial charge in [0.25, 0.3) is 5.91 Å². The summed E-state index contributed by atoms with van der Waals surface area (Å²) in [6.07, 6.45) is 1.32. The molecule has 2 aromatic rings. The van der Waals surface area contributed by atoms with Crippen molar-refractivity contribution < 1.29 is 14.7 Å². The Balaban J connectivity index is 2.13. The second-order valence-electron chi connectivity index (χ2n) is 6.76. The van der Waals surface area contributed by atoms with Crippen molar-refractivity contribution in [1.82, 2.24) is 9.88 Å². The molecule has 132 valence electrons. The summed E-state index contributed by atoms with van der Waals surface area (Å²) in [5, 5.41) is 19.2. The summed E-state index contributed by atoms with van der Waals surface area (Å²) in [6, 6.07) is 10.1. The third-order valence-corrected chi connectivity index (χ3v) is 4.59. The number of carbonyl (C=O) groups excluding carboxylic acids is 1. The van der Waals surface area contributed by atoms with Crippen LogP contribution >= 0.6 is 11.6 Å². The molecular weight excluding hydrogens is 354 g/mol. The number of aliphatic carboxylic acids is 1. The van der Waals surface area contributed by atoms with E-state index in [0.29, 0.717) is 21.8 Å². The van der Waals surface area contributed by atoms with Gasteiger partial charge in [0, 0.05) is 28.7 Å². The van der Waals surface area contributed by atoms with E-state index in [4.69, 9.17) is 16.9 Å². The van der Waals surface area contributed by atoms with Crippen molar-refractivity contribution in [2.45, 2.75) is 19.3 Å². The lowest BCUT2D eigenvalue weighted by molar-refractivity contribution is -0.130. The number of nitriles is 1. The number of H-pyrrole nitrogens is 1. The number of nitrogens with zero attached hydrogens (tertiary/aromatic N) is 2. The molecule has 2 heterocycles. The van der Waals surface area contributed by atoms with E-state index in [1.807, 2.05) is 19.9 Å². The number of benzene rings is 1. The molecule has 0 fully saturated rings. The van der Waals surface area contributed by atoms with Crippen LogP contribution in [-0.4, -0.2) is 33.4 Å². The quantitative estimate of drug-likeness (QED) is 0.847. The Kier molecular flexibility index (Phi) is 4.34. The number of amides is 1. The van der Waals surface area contributed by atoms with Crippen LogP contribution in [0.25, 0.3) is 5.57 Å². The Hall–Kier alpha value is -3.04. The number of aromatic amines is 1. The highest BCUT2D eigenvalue weighted by Gasteiger charge is 2.36. The molecule has 1 aromatic heterocycles. The number of rotatable bonds is 2. The first-order valence-electron chi connectivity index (χ1n) is 7.88. The van der Waals surface area contributed by atoms with Crippen molar-refractivity contribution in [1.29, 1.82) is 5.26 Å². The molecular formula is C19H16ClN3O3. The summed E-state index contributed by atoms with van der Waals surface area (Å²) in [5.41, 5.74) is 1.05. The van der Waals surface area contributed by atoms with Gasteiger partial charge in [-0.1, -0.05) is 31.5 Å². The van der Waals surface area contributed by atoms with E-state index in [2.05, 4.69) is 4.98 Å². The fourth-order valence-corrected chi connectivity index (χ4v) is 3.31. The van der Waals surface area contributed by atoms with Gasteiger partial charge in [0.05, 0.1) is 11.3 Å². The molecule has 2 N–H and O–H groups in total. The molecule has 1 amide bonds. The zero-order chi connectivity index (χ0) is 19.1. The number of carboxylic acids is 1. The maximum atomic E-state index is 12.9. The zero-order valence-electron chi connectivity index (χ0n) is 14.2. The molecule has 6 nitrogen and oxygen atoms in total. The van der Waals surface area contributed by atoms with Gasteiger partial charge in [0.2, 0.25) is 0 Å². The van der Waals surface area contributed by atoms with Crippen LogP contribution in [0.2, 0.25) is 5.02 Å². The highest BCUT2D eigenvalue weighted by molar-refractivity contribution is 6.31. The third kappa shape index (κ3) is 3.09. The summed E-state index contributed by atoms with van der Waals surface area (Å²) in [4.78, 5) is 29.0. The van der Waals surface area contributed by atoms with Crippen molar-refractivity contribution in [2.75, 3.05) is 6.54 Å². The van der Waals surface area contributed by atoms with Gasteiger partial charge in [0.15, 0.2) is 0 Å². The smallest absolute Gasteiger partial charge is 0.339 e. The van der Waals surface area contributed by atoms with Crippen LogP contribution in [0.1, 0.15) is 41.2 Å². The van der Waals surface area contributed by atoms with Gasteiger partial charge in [-0.25, -0.2) is 4.79 Å². The van der Waals surface area contributed by atoms with Crippen LogP contribution < -0.4 is 0 Å². The Morgan fingerprint density at radius 2 is 2.08 bits per heavy atom. The topological polar surface area (TPSA) is 97.2 Å². The molecule has 26 heavy (non-hydrogen) atoms. The predicted octanol–water partition coefficient (Wildman–Crippen LogP) is 3.40. The molecule has 0 saturated heterocycles. The minimum atomic E-state index is -1.18. The van der Waals surface area contributed by atoms with E-state index in [1.165, 1.54) is 11.1 Å². The van der Waals surface area contributed by atoms with Crippen molar-refractivity contribution in [3.05, 3.63) is 64.1 Å². The van der Waals surface area contributed by atoms with Crippen LogP contribution in [0.5, 0.6) is 0 Å². The number of hydrogen-bond acceptors (Lipinski definition) is 3. The molecule has 3 rings (SSSR count). The average molecular weight is 370 g/mol. The van der Waals surface area contributed by atoms with Crippen LogP contribution in [0.15, 0.2) is 36.5 Å². The van der Waals surface area contributed by atoms with E-state index in [1.54, 1.807) is 30.3 Å². The van der Waals surface area contributed by atoms with Crippen molar-refractivity contribution in [2.24, 2.45) is 0 Å². The molecule has 0 aliphatic carbocycles. The first-order chi connectivity index (χ1) is 12.2. The van der Waals surface area contributed by atoms with Gasteiger partial charge in [-0.3, -0.25) is 4.79 Å². The van der Waals surface area contributed by atoms with Gasteiger partial charge >= 0.3 is 5.97 Å². The number of hydrogen-bond donors (Lipinski definition) is 2. The highest BCUT2D eigenvalue weighted by atomic mass is 35.5. The van der Waals surface area contributed by atoms with E-state index in [-0.39, 0.29) is 23.7 Å². The lowest BCUT2D eigenvalue weighted by Crippen LogP contribution is -2.36. The summed E-state index contributed by atoms with van der Waals surface area (Å²) in [6.45, 7) is 4.06. The van der Waals surface area contributed by atoms with Crippen molar-refractivity contribution >= 4 is 29.1 Å². The van der Waals surface area contributed by atoms with Crippen LogP contribution in [0.3, 0.4) is 0 Å². The summed E-state index contributed by atoms with van der Waals surface area (Å²) in [7, 11) is 0. The zero-order valence-corrected chi connectivity index (χ0v) is 15.0. The molecule has 0 bridgehead atoms. The number of halogens is 1. The molecule has 1 aromatic carbocycles. The van der Waals surface area contributed by atoms with E-state index < -0.39 is 11.4 Å². The summed E-state index contributed by atoms with van der Waals surface area (Å²) < 4.78 is 0. The van der Waals surface area contributed by atoms with Gasteiger partial charge in [-0.05, 0) is 29.8 Å². The SMILES string of the molecule is CC1(C)CN(C(=O)c2cccc(Cl)c2)C=C(C(=O)O)c2[nH]c(C#N)cc21.